The van der Waals surface area contributed by atoms with Crippen molar-refractivity contribution in [1.82, 2.24) is 4.57 Å². The molecular formula is C18H17BrN2O3S. The van der Waals surface area contributed by atoms with Crippen LogP contribution in [0.3, 0.4) is 0 Å². The zero-order valence-electron chi connectivity index (χ0n) is 13.8. The summed E-state index contributed by atoms with van der Waals surface area (Å²) in [4.78, 5) is 24.3. The van der Waals surface area contributed by atoms with Crippen LogP contribution in [0.25, 0.3) is 10.2 Å². The highest BCUT2D eigenvalue weighted by Crippen LogP contribution is 2.22. The van der Waals surface area contributed by atoms with Gasteiger partial charge in [-0.2, -0.15) is 0 Å². The van der Waals surface area contributed by atoms with Gasteiger partial charge in [-0.15, -0.1) is 0 Å². The highest BCUT2D eigenvalue weighted by molar-refractivity contribution is 9.10. The van der Waals surface area contributed by atoms with Crippen LogP contribution in [0, 0.1) is 0 Å². The first-order valence-electron chi connectivity index (χ1n) is 7.84. The summed E-state index contributed by atoms with van der Waals surface area (Å²) in [5.74, 6) is 0.379. The molecule has 0 saturated carbocycles. The molecule has 0 saturated heterocycles. The number of rotatable bonds is 5. The van der Waals surface area contributed by atoms with Gasteiger partial charge < -0.3 is 10.1 Å². The molecule has 0 aliphatic heterocycles. The fourth-order valence-corrected chi connectivity index (χ4v) is 3.72. The van der Waals surface area contributed by atoms with Crippen LogP contribution in [0.2, 0.25) is 0 Å². The number of hydrogen-bond acceptors (Lipinski definition) is 4. The number of thiazole rings is 1. The van der Waals surface area contributed by atoms with Gasteiger partial charge in [0.25, 0.3) is 5.91 Å². The molecule has 1 atom stereocenters. The predicted octanol–water partition coefficient (Wildman–Crippen LogP) is 4.25. The van der Waals surface area contributed by atoms with Crippen LogP contribution >= 0.6 is 27.3 Å². The van der Waals surface area contributed by atoms with Crippen LogP contribution in [-0.2, 0) is 11.3 Å². The number of nitrogens with zero attached hydrogens (tertiary/aromatic N) is 1. The third-order valence-electron chi connectivity index (χ3n) is 3.75. The molecule has 0 bridgehead atoms. The first-order valence-corrected chi connectivity index (χ1v) is 9.45. The van der Waals surface area contributed by atoms with Crippen LogP contribution in [0.15, 0.2) is 51.7 Å². The van der Waals surface area contributed by atoms with Crippen molar-refractivity contribution in [2.45, 2.75) is 26.5 Å². The summed E-state index contributed by atoms with van der Waals surface area (Å²) in [7, 11) is 0. The topological polar surface area (TPSA) is 60.3 Å². The molecule has 0 aliphatic carbocycles. The molecule has 0 spiro atoms. The third kappa shape index (κ3) is 3.93. The molecule has 0 unspecified atom stereocenters. The van der Waals surface area contributed by atoms with E-state index in [2.05, 4.69) is 21.2 Å². The molecule has 1 aromatic heterocycles. The van der Waals surface area contributed by atoms with Gasteiger partial charge in [-0.25, -0.2) is 0 Å². The van der Waals surface area contributed by atoms with Gasteiger partial charge in [0.15, 0.2) is 6.10 Å². The van der Waals surface area contributed by atoms with Gasteiger partial charge in [0.1, 0.15) is 5.75 Å². The SMILES string of the molecule is CCn1c(=O)sc2cc(NC(=O)[C@@H](C)Oc3ccc(Br)cc3)ccc21. The Balaban J connectivity index is 1.72. The van der Waals surface area contributed by atoms with Gasteiger partial charge in [-0.05, 0) is 56.3 Å². The van der Waals surface area contributed by atoms with E-state index in [1.807, 2.05) is 31.2 Å². The number of nitrogens with one attached hydrogen (secondary N) is 1. The van der Waals surface area contributed by atoms with Crippen LogP contribution in [0.4, 0.5) is 5.69 Å². The van der Waals surface area contributed by atoms with Crippen LogP contribution in [0.1, 0.15) is 13.8 Å². The number of fused-ring (bicyclic) bond motifs is 1. The lowest BCUT2D eigenvalue weighted by atomic mass is 10.2. The largest absolute Gasteiger partial charge is 0.481 e. The molecule has 25 heavy (non-hydrogen) atoms. The number of hydrogen-bond donors (Lipinski definition) is 1. The monoisotopic (exact) mass is 420 g/mol. The van der Waals surface area contributed by atoms with Gasteiger partial charge in [-0.1, -0.05) is 27.3 Å². The van der Waals surface area contributed by atoms with E-state index in [1.54, 1.807) is 29.7 Å². The molecule has 1 heterocycles. The van der Waals surface area contributed by atoms with Gasteiger partial charge in [-0.3, -0.25) is 14.2 Å². The van der Waals surface area contributed by atoms with E-state index >= 15 is 0 Å². The van der Waals surface area contributed by atoms with E-state index in [4.69, 9.17) is 4.74 Å². The number of carbonyl (C=O) groups excluding carboxylic acids is 1. The molecule has 130 valence electrons. The summed E-state index contributed by atoms with van der Waals surface area (Å²) in [6.07, 6.45) is -0.643. The second kappa shape index (κ2) is 7.41. The number of halogens is 1. The summed E-state index contributed by atoms with van der Waals surface area (Å²) < 4.78 is 9.16. The van der Waals surface area contributed by atoms with E-state index in [0.29, 0.717) is 18.0 Å². The first-order chi connectivity index (χ1) is 12.0. The van der Waals surface area contributed by atoms with E-state index in [-0.39, 0.29) is 10.8 Å². The van der Waals surface area contributed by atoms with E-state index < -0.39 is 6.10 Å². The Morgan fingerprint density at radius 3 is 2.68 bits per heavy atom. The van der Waals surface area contributed by atoms with Crippen LogP contribution in [-0.4, -0.2) is 16.6 Å². The summed E-state index contributed by atoms with van der Waals surface area (Å²) >= 11 is 4.54. The molecule has 3 rings (SSSR count). The van der Waals surface area contributed by atoms with E-state index in [0.717, 1.165) is 14.7 Å². The Hall–Kier alpha value is -2.12. The van der Waals surface area contributed by atoms with Crippen LogP contribution < -0.4 is 14.9 Å². The summed E-state index contributed by atoms with van der Waals surface area (Å²) in [6, 6.07) is 12.8. The molecule has 1 amide bonds. The zero-order chi connectivity index (χ0) is 18.0. The maximum Gasteiger partial charge on any atom is 0.308 e. The second-order valence-electron chi connectivity index (χ2n) is 5.50. The van der Waals surface area contributed by atoms with Crippen molar-refractivity contribution in [3.05, 3.63) is 56.6 Å². The number of ether oxygens (including phenoxy) is 1. The van der Waals surface area contributed by atoms with Crippen molar-refractivity contribution in [2.24, 2.45) is 0 Å². The third-order valence-corrected chi connectivity index (χ3v) is 5.22. The number of benzene rings is 2. The minimum absolute atomic E-state index is 0.00733. The predicted molar refractivity (Wildman–Crippen MR) is 105 cm³/mol. The number of aryl methyl sites for hydroxylation is 1. The average molecular weight is 421 g/mol. The molecular weight excluding hydrogens is 404 g/mol. The van der Waals surface area contributed by atoms with Crippen molar-refractivity contribution in [3.63, 3.8) is 0 Å². The fraction of sp³-hybridized carbons (Fsp3) is 0.222. The summed E-state index contributed by atoms with van der Waals surface area (Å²) in [5, 5.41) is 2.83. The molecule has 7 heteroatoms. The Bertz CT molecular complexity index is 963. The van der Waals surface area contributed by atoms with Gasteiger partial charge >= 0.3 is 4.87 Å². The minimum Gasteiger partial charge on any atom is -0.481 e. The summed E-state index contributed by atoms with van der Waals surface area (Å²) in [6.45, 7) is 4.26. The molecule has 0 aliphatic rings. The average Bonchev–Trinajstić information content (AvgIpc) is 2.91. The Morgan fingerprint density at radius 2 is 2.00 bits per heavy atom. The van der Waals surface area contributed by atoms with Crippen molar-refractivity contribution < 1.29 is 9.53 Å². The fourth-order valence-electron chi connectivity index (χ4n) is 2.46. The second-order valence-corrected chi connectivity index (χ2v) is 7.41. The Morgan fingerprint density at radius 1 is 1.28 bits per heavy atom. The Kier molecular flexibility index (Phi) is 5.24. The molecule has 2 aromatic carbocycles. The van der Waals surface area contributed by atoms with Crippen molar-refractivity contribution in [2.75, 3.05) is 5.32 Å². The maximum absolute atomic E-state index is 12.3. The summed E-state index contributed by atoms with van der Waals surface area (Å²) in [5.41, 5.74) is 1.53. The molecule has 0 fully saturated rings. The van der Waals surface area contributed by atoms with Crippen molar-refractivity contribution >= 4 is 49.1 Å². The number of carbonyl (C=O) groups is 1. The number of aromatic nitrogens is 1. The molecule has 3 aromatic rings. The van der Waals surface area contributed by atoms with Gasteiger partial charge in [0.2, 0.25) is 0 Å². The number of amides is 1. The van der Waals surface area contributed by atoms with Crippen molar-refractivity contribution in [3.8, 4) is 5.75 Å². The van der Waals surface area contributed by atoms with E-state index in [9.17, 15) is 9.59 Å². The molecule has 5 nitrogen and oxygen atoms in total. The lowest BCUT2D eigenvalue weighted by Crippen LogP contribution is -2.30. The quantitative estimate of drug-likeness (QED) is 0.670. The standard InChI is InChI=1S/C18H17BrN2O3S/c1-3-21-15-9-6-13(10-16(15)25-18(21)23)20-17(22)11(2)24-14-7-4-12(19)5-8-14/h4-11H,3H2,1-2H3,(H,20,22)/t11-/m1/s1. The van der Waals surface area contributed by atoms with Crippen molar-refractivity contribution in [1.29, 1.82) is 0 Å². The maximum atomic E-state index is 12.3. The molecule has 1 N–H and O–H groups in total. The molecule has 0 radical (unpaired) electrons. The normalized spacial score (nSPS) is 12.1. The van der Waals surface area contributed by atoms with Crippen LogP contribution in [0.5, 0.6) is 5.75 Å². The minimum atomic E-state index is -0.643. The van der Waals surface area contributed by atoms with Gasteiger partial charge in [0, 0.05) is 16.7 Å². The first kappa shape index (κ1) is 17.7. The zero-order valence-corrected chi connectivity index (χ0v) is 16.2. The Labute approximate surface area is 157 Å². The smallest absolute Gasteiger partial charge is 0.308 e. The van der Waals surface area contributed by atoms with E-state index in [1.165, 1.54) is 11.3 Å². The highest BCUT2D eigenvalue weighted by Gasteiger charge is 2.16. The lowest BCUT2D eigenvalue weighted by molar-refractivity contribution is -0.122. The lowest BCUT2D eigenvalue weighted by Gasteiger charge is -2.15. The number of anilines is 1. The van der Waals surface area contributed by atoms with Gasteiger partial charge in [0.05, 0.1) is 10.2 Å². The highest BCUT2D eigenvalue weighted by atomic mass is 79.9.